The van der Waals surface area contributed by atoms with E-state index in [1.807, 2.05) is 24.3 Å². The van der Waals surface area contributed by atoms with Crippen molar-refractivity contribution in [3.05, 3.63) is 59.3 Å². The molecule has 0 spiro atoms. The van der Waals surface area contributed by atoms with E-state index in [9.17, 15) is 9.59 Å². The number of benzene rings is 1. The van der Waals surface area contributed by atoms with E-state index >= 15 is 0 Å². The highest BCUT2D eigenvalue weighted by atomic mass is 16.2. The average molecular weight is 392 g/mol. The van der Waals surface area contributed by atoms with Crippen molar-refractivity contribution in [2.24, 2.45) is 0 Å². The first-order chi connectivity index (χ1) is 14.2. The maximum absolute atomic E-state index is 12.8. The number of hydrogen-bond donors (Lipinski definition) is 3. The Kier molecular flexibility index (Phi) is 6.13. The number of Topliss-reactive ketones (excluding diaryl/α,β-unsaturated/α-hetero) is 1. The van der Waals surface area contributed by atoms with E-state index in [0.717, 1.165) is 31.5 Å². The van der Waals surface area contributed by atoms with Crippen LogP contribution in [0.15, 0.2) is 53.8 Å². The molecule has 5 heteroatoms. The van der Waals surface area contributed by atoms with Gasteiger partial charge in [-0.2, -0.15) is 0 Å². The summed E-state index contributed by atoms with van der Waals surface area (Å²) in [6.45, 7) is 0.945. The Morgan fingerprint density at radius 2 is 1.90 bits per heavy atom. The van der Waals surface area contributed by atoms with Crippen LogP contribution >= 0.6 is 0 Å². The van der Waals surface area contributed by atoms with E-state index in [-0.39, 0.29) is 23.3 Å². The summed E-state index contributed by atoms with van der Waals surface area (Å²) in [6.07, 6.45) is 16.6. The van der Waals surface area contributed by atoms with Crippen molar-refractivity contribution in [1.82, 2.24) is 5.32 Å². The second kappa shape index (κ2) is 9.12. The van der Waals surface area contributed by atoms with Gasteiger partial charge in [-0.3, -0.25) is 9.59 Å². The topological polar surface area (TPSA) is 70.2 Å². The van der Waals surface area contributed by atoms with Crippen LogP contribution in [0.2, 0.25) is 0 Å². The molecule has 0 fully saturated rings. The molecular formula is C24H29N3O2. The van der Waals surface area contributed by atoms with Gasteiger partial charge in [0.05, 0.1) is 6.04 Å². The van der Waals surface area contributed by atoms with Gasteiger partial charge < -0.3 is 16.0 Å². The molecule has 1 aliphatic carbocycles. The number of nitrogens with one attached hydrogen (secondary N) is 3. The van der Waals surface area contributed by atoms with Gasteiger partial charge in [0.15, 0.2) is 5.78 Å². The highest BCUT2D eigenvalue weighted by Gasteiger charge is 2.31. The van der Waals surface area contributed by atoms with E-state index in [0.29, 0.717) is 11.3 Å². The summed E-state index contributed by atoms with van der Waals surface area (Å²) >= 11 is 0. The number of amides is 1. The van der Waals surface area contributed by atoms with Crippen LogP contribution in [-0.2, 0) is 16.0 Å². The second-order valence-corrected chi connectivity index (χ2v) is 8.02. The number of anilines is 2. The summed E-state index contributed by atoms with van der Waals surface area (Å²) in [5.41, 5.74) is 3.91. The summed E-state index contributed by atoms with van der Waals surface area (Å²) < 4.78 is 0. The van der Waals surface area contributed by atoms with E-state index in [1.165, 1.54) is 37.7 Å². The third-order valence-electron chi connectivity index (χ3n) is 5.90. The van der Waals surface area contributed by atoms with Crippen molar-refractivity contribution < 1.29 is 9.59 Å². The number of rotatable bonds is 2. The van der Waals surface area contributed by atoms with Gasteiger partial charge in [0.2, 0.25) is 0 Å². The van der Waals surface area contributed by atoms with Crippen LogP contribution in [0.3, 0.4) is 0 Å². The number of carbonyl (C=O) groups excluding carboxylic acids is 2. The zero-order chi connectivity index (χ0) is 20.1. The van der Waals surface area contributed by atoms with Gasteiger partial charge in [0, 0.05) is 29.7 Å². The molecule has 0 saturated carbocycles. The van der Waals surface area contributed by atoms with Crippen molar-refractivity contribution >= 4 is 23.1 Å². The minimum Gasteiger partial charge on any atom is -0.385 e. The van der Waals surface area contributed by atoms with Gasteiger partial charge in [0.1, 0.15) is 5.57 Å². The first kappa shape index (κ1) is 19.5. The predicted molar refractivity (Wildman–Crippen MR) is 117 cm³/mol. The number of hydrogen-bond acceptors (Lipinski definition) is 4. The van der Waals surface area contributed by atoms with Gasteiger partial charge in [0.25, 0.3) is 5.91 Å². The smallest absolute Gasteiger partial charge is 0.261 e. The molecule has 2 aliphatic heterocycles. The van der Waals surface area contributed by atoms with Crippen molar-refractivity contribution in [3.8, 4) is 0 Å². The quantitative estimate of drug-likeness (QED) is 0.660. The molecule has 3 aliphatic rings. The van der Waals surface area contributed by atoms with Crippen molar-refractivity contribution in [3.63, 3.8) is 0 Å². The SMILES string of the molecule is O=C(Nc1ccc2c(c1)NCCCCCCCC2)C1=CNC2CC=CC=C2C1=O. The molecule has 0 aromatic heterocycles. The monoisotopic (exact) mass is 391 g/mol. The Balaban J connectivity index is 1.48. The Morgan fingerprint density at radius 1 is 1.07 bits per heavy atom. The predicted octanol–water partition coefficient (Wildman–Crippen LogP) is 4.24. The third-order valence-corrected chi connectivity index (χ3v) is 5.90. The fraction of sp³-hybridized carbons (Fsp3) is 0.417. The standard InChI is InChI=1S/C24H29N3O2/c28-23-19-10-6-7-11-21(19)26-16-20(23)24(29)27-18-13-12-17-9-5-3-1-2-4-8-14-25-22(17)15-18/h6-7,10,12-13,15-16,21,25-26H,1-5,8-9,11,14H2,(H,27,29). The van der Waals surface area contributed by atoms with Crippen LogP contribution in [0.5, 0.6) is 0 Å². The summed E-state index contributed by atoms with van der Waals surface area (Å²) in [4.78, 5) is 25.5. The fourth-order valence-electron chi connectivity index (χ4n) is 4.20. The number of ketones is 1. The molecule has 29 heavy (non-hydrogen) atoms. The molecular weight excluding hydrogens is 362 g/mol. The van der Waals surface area contributed by atoms with E-state index in [2.05, 4.69) is 22.0 Å². The first-order valence-electron chi connectivity index (χ1n) is 10.8. The number of carbonyl (C=O) groups is 2. The second-order valence-electron chi connectivity index (χ2n) is 8.02. The summed E-state index contributed by atoms with van der Waals surface area (Å²) in [6, 6.07) is 6.00. The lowest BCUT2D eigenvalue weighted by atomic mass is 9.89. The van der Waals surface area contributed by atoms with E-state index in [1.54, 1.807) is 12.3 Å². The van der Waals surface area contributed by atoms with Crippen LogP contribution in [-0.4, -0.2) is 24.3 Å². The number of allylic oxidation sites excluding steroid dienone is 2. The Morgan fingerprint density at radius 3 is 2.79 bits per heavy atom. The maximum atomic E-state index is 12.8. The zero-order valence-corrected chi connectivity index (χ0v) is 16.8. The highest BCUT2D eigenvalue weighted by molar-refractivity contribution is 6.29. The van der Waals surface area contributed by atoms with Crippen molar-refractivity contribution in [1.29, 1.82) is 0 Å². The van der Waals surface area contributed by atoms with Gasteiger partial charge in [-0.1, -0.05) is 50.0 Å². The Hall–Kier alpha value is -2.82. The Labute approximate surface area is 172 Å². The van der Waals surface area contributed by atoms with Crippen LogP contribution in [0.1, 0.15) is 50.5 Å². The fourth-order valence-corrected chi connectivity index (χ4v) is 4.20. The van der Waals surface area contributed by atoms with Gasteiger partial charge in [-0.05, 0) is 43.4 Å². The zero-order valence-electron chi connectivity index (χ0n) is 16.8. The molecule has 5 nitrogen and oxygen atoms in total. The largest absolute Gasteiger partial charge is 0.385 e. The van der Waals surface area contributed by atoms with Gasteiger partial charge in [-0.25, -0.2) is 0 Å². The van der Waals surface area contributed by atoms with Gasteiger partial charge in [-0.15, -0.1) is 0 Å². The number of aryl methyl sites for hydroxylation is 1. The lowest BCUT2D eigenvalue weighted by Crippen LogP contribution is -2.39. The Bertz CT molecular complexity index is 882. The molecule has 0 bridgehead atoms. The normalized spacial score (nSPS) is 21.9. The molecule has 0 radical (unpaired) electrons. The van der Waals surface area contributed by atoms with E-state index < -0.39 is 0 Å². The molecule has 1 aromatic carbocycles. The molecule has 3 N–H and O–H groups in total. The highest BCUT2D eigenvalue weighted by Crippen LogP contribution is 2.26. The van der Waals surface area contributed by atoms with Crippen molar-refractivity contribution in [2.45, 2.75) is 57.4 Å². The van der Waals surface area contributed by atoms with Crippen molar-refractivity contribution in [2.75, 3.05) is 17.2 Å². The lowest BCUT2D eigenvalue weighted by Gasteiger charge is -2.26. The van der Waals surface area contributed by atoms with Crippen LogP contribution in [0.25, 0.3) is 0 Å². The summed E-state index contributed by atoms with van der Waals surface area (Å²) in [7, 11) is 0. The molecule has 0 saturated heterocycles. The molecule has 4 rings (SSSR count). The molecule has 1 aromatic rings. The van der Waals surface area contributed by atoms with Crippen LogP contribution in [0.4, 0.5) is 11.4 Å². The molecule has 1 atom stereocenters. The first-order valence-corrected chi connectivity index (χ1v) is 10.8. The molecule has 152 valence electrons. The summed E-state index contributed by atoms with van der Waals surface area (Å²) in [5.74, 6) is -0.558. The maximum Gasteiger partial charge on any atom is 0.261 e. The minimum atomic E-state index is -0.368. The summed E-state index contributed by atoms with van der Waals surface area (Å²) in [5, 5.41) is 9.63. The molecule has 1 amide bonds. The molecule has 2 heterocycles. The molecule has 1 unspecified atom stereocenters. The minimum absolute atomic E-state index is 0.0261. The third kappa shape index (κ3) is 4.61. The number of fused-ring (bicyclic) bond motifs is 2. The van der Waals surface area contributed by atoms with E-state index in [4.69, 9.17) is 0 Å². The van der Waals surface area contributed by atoms with Crippen LogP contribution in [0, 0.1) is 0 Å². The van der Waals surface area contributed by atoms with Crippen LogP contribution < -0.4 is 16.0 Å². The van der Waals surface area contributed by atoms with Gasteiger partial charge >= 0.3 is 0 Å². The average Bonchev–Trinajstić information content (AvgIpc) is 2.79. The lowest BCUT2D eigenvalue weighted by molar-refractivity contribution is -0.118.